The van der Waals surface area contributed by atoms with Gasteiger partial charge in [-0.25, -0.2) is 0 Å². The predicted molar refractivity (Wildman–Crippen MR) is 114 cm³/mol. The molecule has 0 saturated heterocycles. The molecule has 0 unspecified atom stereocenters. The average molecular weight is 507 g/mol. The van der Waals surface area contributed by atoms with Gasteiger partial charge in [-0.2, -0.15) is 0 Å². The van der Waals surface area contributed by atoms with Crippen LogP contribution >= 0.6 is 0 Å². The van der Waals surface area contributed by atoms with Crippen LogP contribution in [-0.2, 0) is 6.42 Å². The fourth-order valence-electron chi connectivity index (χ4n) is 3.19. The van der Waals surface area contributed by atoms with Gasteiger partial charge in [-0.05, 0) is 49.8 Å². The minimum atomic E-state index is 0. The number of unbranched alkanes of at least 4 members (excludes halogenated alkanes) is 6. The van der Waals surface area contributed by atoms with E-state index >= 15 is 0 Å². The molecule has 0 aliphatic heterocycles. The van der Waals surface area contributed by atoms with Crippen molar-refractivity contribution in [1.29, 1.82) is 0 Å². The average Bonchev–Trinajstić information content (AvgIpc) is 2.63. The molecule has 0 bridgehead atoms. The number of ether oxygens (including phenoxy) is 3. The highest BCUT2D eigenvalue weighted by Gasteiger charge is 2.14. The smallest absolute Gasteiger partial charge is 0.203 e. The number of benzene rings is 1. The standard InChI is InChI=1S/C23H42NO3.HI/c1-7-8-9-14-17-27-23-21(25-5)18-20(19-22(23)26-6)15-12-10-11-13-16-24(2,3)4;/h18-19H,7-17H2,1-6H3;1H/q+1;/p-1. The molecule has 28 heavy (non-hydrogen) atoms. The van der Waals surface area contributed by atoms with E-state index in [0.717, 1.165) is 34.6 Å². The molecule has 164 valence electrons. The van der Waals surface area contributed by atoms with Crippen LogP contribution in [0.5, 0.6) is 17.2 Å². The van der Waals surface area contributed by atoms with Gasteiger partial charge in [0, 0.05) is 0 Å². The number of nitrogens with zero attached hydrogens (tertiary/aromatic N) is 1. The van der Waals surface area contributed by atoms with Gasteiger partial charge in [0.2, 0.25) is 5.75 Å². The normalized spacial score (nSPS) is 11.1. The summed E-state index contributed by atoms with van der Waals surface area (Å²) in [5, 5.41) is 0. The van der Waals surface area contributed by atoms with Gasteiger partial charge in [-0.15, -0.1) is 0 Å². The van der Waals surface area contributed by atoms with Gasteiger partial charge in [0.15, 0.2) is 11.5 Å². The highest BCUT2D eigenvalue weighted by atomic mass is 127. The number of halogens is 1. The van der Waals surface area contributed by atoms with E-state index in [-0.39, 0.29) is 24.0 Å². The van der Waals surface area contributed by atoms with Gasteiger partial charge in [0.25, 0.3) is 0 Å². The van der Waals surface area contributed by atoms with Gasteiger partial charge in [0.05, 0.1) is 48.5 Å². The van der Waals surface area contributed by atoms with E-state index in [2.05, 4.69) is 40.2 Å². The van der Waals surface area contributed by atoms with Crippen molar-refractivity contribution >= 4 is 0 Å². The minimum absolute atomic E-state index is 0. The Morgan fingerprint density at radius 2 is 1.36 bits per heavy atom. The summed E-state index contributed by atoms with van der Waals surface area (Å²) in [5.74, 6) is 2.30. The highest BCUT2D eigenvalue weighted by molar-refractivity contribution is 5.53. The van der Waals surface area contributed by atoms with Crippen molar-refractivity contribution < 1.29 is 42.7 Å². The number of hydrogen-bond acceptors (Lipinski definition) is 3. The van der Waals surface area contributed by atoms with Crippen molar-refractivity contribution in [1.82, 2.24) is 0 Å². The fourth-order valence-corrected chi connectivity index (χ4v) is 3.19. The zero-order valence-corrected chi connectivity index (χ0v) is 21.1. The third kappa shape index (κ3) is 11.3. The first-order valence-electron chi connectivity index (χ1n) is 10.6. The first kappa shape index (κ1) is 27.3. The van der Waals surface area contributed by atoms with E-state index in [9.17, 15) is 0 Å². The fraction of sp³-hybridized carbons (Fsp3) is 0.739. The Morgan fingerprint density at radius 3 is 1.89 bits per heavy atom. The lowest BCUT2D eigenvalue weighted by molar-refractivity contribution is -0.870. The third-order valence-corrected chi connectivity index (χ3v) is 4.81. The largest absolute Gasteiger partial charge is 1.00 e. The van der Waals surface area contributed by atoms with Crippen molar-refractivity contribution in [3.8, 4) is 17.2 Å². The van der Waals surface area contributed by atoms with E-state index in [4.69, 9.17) is 14.2 Å². The maximum Gasteiger partial charge on any atom is 0.203 e. The van der Waals surface area contributed by atoms with Crippen LogP contribution in [0.3, 0.4) is 0 Å². The first-order valence-corrected chi connectivity index (χ1v) is 10.6. The van der Waals surface area contributed by atoms with Crippen LogP contribution in [0, 0.1) is 0 Å². The lowest BCUT2D eigenvalue weighted by Crippen LogP contribution is -3.00. The van der Waals surface area contributed by atoms with Crippen LogP contribution in [-0.4, -0.2) is 53.0 Å². The summed E-state index contributed by atoms with van der Waals surface area (Å²) in [6.45, 7) is 4.17. The van der Waals surface area contributed by atoms with Crippen molar-refractivity contribution in [3.05, 3.63) is 17.7 Å². The molecule has 5 heteroatoms. The second-order valence-corrected chi connectivity index (χ2v) is 8.42. The molecule has 0 amide bonds. The molecule has 1 rings (SSSR count). The second kappa shape index (κ2) is 15.2. The Balaban J connectivity index is 0.00000729. The maximum absolute atomic E-state index is 5.99. The van der Waals surface area contributed by atoms with Crippen LogP contribution in [0.25, 0.3) is 0 Å². The zero-order valence-electron chi connectivity index (χ0n) is 19.0. The van der Waals surface area contributed by atoms with E-state index in [1.807, 2.05) is 0 Å². The van der Waals surface area contributed by atoms with Crippen molar-refractivity contribution in [3.63, 3.8) is 0 Å². The summed E-state index contributed by atoms with van der Waals surface area (Å²) in [7, 11) is 10.2. The summed E-state index contributed by atoms with van der Waals surface area (Å²) < 4.78 is 18.2. The molecule has 1 aromatic rings. The van der Waals surface area contributed by atoms with Crippen LogP contribution in [0.4, 0.5) is 0 Å². The van der Waals surface area contributed by atoms with Crippen LogP contribution in [0.15, 0.2) is 12.1 Å². The van der Waals surface area contributed by atoms with Gasteiger partial charge in [0.1, 0.15) is 0 Å². The molecule has 0 aromatic heterocycles. The number of hydrogen-bond donors (Lipinski definition) is 0. The van der Waals surface area contributed by atoms with E-state index in [1.54, 1.807) is 14.2 Å². The minimum Gasteiger partial charge on any atom is -1.00 e. The maximum atomic E-state index is 5.99. The summed E-state index contributed by atoms with van der Waals surface area (Å²) in [6.07, 6.45) is 10.9. The Labute approximate surface area is 190 Å². The van der Waals surface area contributed by atoms with Crippen molar-refractivity contribution in [2.45, 2.75) is 64.7 Å². The van der Waals surface area contributed by atoms with Gasteiger partial charge < -0.3 is 42.7 Å². The van der Waals surface area contributed by atoms with Gasteiger partial charge in [-0.1, -0.05) is 32.6 Å². The summed E-state index contributed by atoms with van der Waals surface area (Å²) in [6, 6.07) is 4.21. The molecule has 1 aromatic carbocycles. The van der Waals surface area contributed by atoms with Gasteiger partial charge in [-0.3, -0.25) is 0 Å². The second-order valence-electron chi connectivity index (χ2n) is 8.42. The van der Waals surface area contributed by atoms with E-state index in [0.29, 0.717) is 6.61 Å². The number of quaternary nitrogens is 1. The van der Waals surface area contributed by atoms with Crippen molar-refractivity contribution in [2.24, 2.45) is 0 Å². The molecule has 0 atom stereocenters. The van der Waals surface area contributed by atoms with E-state index < -0.39 is 0 Å². The van der Waals surface area contributed by atoms with Crippen LogP contribution in [0.1, 0.15) is 63.9 Å². The molecule has 0 heterocycles. The lowest BCUT2D eigenvalue weighted by atomic mass is 10.0. The molecule has 0 aliphatic carbocycles. The lowest BCUT2D eigenvalue weighted by Gasteiger charge is -2.23. The Hall–Kier alpha value is -0.690. The number of rotatable bonds is 15. The first-order chi connectivity index (χ1) is 12.9. The molecule has 4 nitrogen and oxygen atoms in total. The third-order valence-electron chi connectivity index (χ3n) is 4.81. The van der Waals surface area contributed by atoms with Crippen LogP contribution < -0.4 is 38.2 Å². The molecular weight excluding hydrogens is 465 g/mol. The molecule has 0 aliphatic rings. The molecular formula is C23H42INO3. The van der Waals surface area contributed by atoms with Crippen molar-refractivity contribution in [2.75, 3.05) is 48.5 Å². The molecule has 0 spiro atoms. The van der Waals surface area contributed by atoms with Gasteiger partial charge >= 0.3 is 0 Å². The molecule has 0 radical (unpaired) electrons. The molecule has 0 saturated carbocycles. The summed E-state index contributed by atoms with van der Waals surface area (Å²) in [5.41, 5.74) is 1.26. The summed E-state index contributed by atoms with van der Waals surface area (Å²) in [4.78, 5) is 0. The number of aryl methyl sites for hydroxylation is 1. The Morgan fingerprint density at radius 1 is 0.786 bits per heavy atom. The molecule has 0 fully saturated rings. The zero-order chi connectivity index (χ0) is 20.1. The topological polar surface area (TPSA) is 27.7 Å². The molecule has 0 N–H and O–H groups in total. The summed E-state index contributed by atoms with van der Waals surface area (Å²) >= 11 is 0. The monoisotopic (exact) mass is 507 g/mol. The SMILES string of the molecule is CCCCCCOc1c(OC)cc(CCCCCC[N+](C)(C)C)cc1OC.[I-]. The predicted octanol–water partition coefficient (Wildman–Crippen LogP) is 2.48. The Bertz CT molecular complexity index is 504. The number of methoxy groups -OCH3 is 2. The Kier molecular flexibility index (Phi) is 14.8. The highest BCUT2D eigenvalue weighted by Crippen LogP contribution is 2.39. The quantitative estimate of drug-likeness (QED) is 0.208. The van der Waals surface area contributed by atoms with E-state index in [1.165, 1.54) is 57.1 Å². The van der Waals surface area contributed by atoms with Crippen LogP contribution in [0.2, 0.25) is 0 Å².